The van der Waals surface area contributed by atoms with Crippen LogP contribution in [0.25, 0.3) is 54.6 Å². The molecule has 0 radical (unpaired) electrons. The van der Waals surface area contributed by atoms with Crippen LogP contribution in [-0.2, 0) is 0 Å². The minimum absolute atomic E-state index is 0.300. The van der Waals surface area contributed by atoms with E-state index in [2.05, 4.69) is 245 Å². The van der Waals surface area contributed by atoms with Crippen molar-refractivity contribution in [2.45, 2.75) is 53.4 Å². The summed E-state index contributed by atoms with van der Waals surface area (Å²) >= 11 is 0. The number of anilines is 6. The highest BCUT2D eigenvalue weighted by molar-refractivity contribution is 6.29. The zero-order valence-corrected chi connectivity index (χ0v) is 36.5. The Morgan fingerprint density at radius 1 is 0.306 bits per heavy atom. The van der Waals surface area contributed by atoms with E-state index in [1.807, 2.05) is 0 Å². The van der Waals surface area contributed by atoms with Crippen molar-refractivity contribution >= 4 is 66.4 Å². The first-order valence-electron chi connectivity index (χ1n) is 22.1. The van der Waals surface area contributed by atoms with Gasteiger partial charge in [-0.1, -0.05) is 149 Å². The molecule has 0 saturated heterocycles. The van der Waals surface area contributed by atoms with Crippen molar-refractivity contribution in [1.82, 2.24) is 0 Å². The summed E-state index contributed by atoms with van der Waals surface area (Å²) in [6, 6.07) is 72.0. The predicted octanol–water partition coefficient (Wildman–Crippen LogP) is 17.7. The molecule has 10 aromatic carbocycles. The molecule has 10 aromatic rings. The first-order chi connectivity index (χ1) is 30.2. The summed E-state index contributed by atoms with van der Waals surface area (Å²) in [4.78, 5) is 4.97. The normalized spacial score (nSPS) is 11.7. The Hall–Kier alpha value is -7.16. The fraction of sp³-hybridized carbons (Fsp3) is 0.133. The van der Waals surface area contributed by atoms with Crippen LogP contribution in [0, 0.1) is 13.8 Å². The van der Waals surface area contributed by atoms with Crippen LogP contribution < -0.4 is 9.80 Å². The Kier molecular flexibility index (Phi) is 10.1. The Balaban J connectivity index is 1.30. The second kappa shape index (κ2) is 16.0. The predicted molar refractivity (Wildman–Crippen MR) is 268 cm³/mol. The summed E-state index contributed by atoms with van der Waals surface area (Å²) in [5.74, 6) is 0.601. The van der Waals surface area contributed by atoms with Crippen molar-refractivity contribution in [2.75, 3.05) is 9.80 Å². The molecule has 0 unspecified atom stereocenters. The first kappa shape index (κ1) is 39.0. The van der Waals surface area contributed by atoms with Crippen molar-refractivity contribution in [3.63, 3.8) is 0 Å². The maximum atomic E-state index is 2.51. The van der Waals surface area contributed by atoms with Crippen LogP contribution in [0.2, 0.25) is 0 Å². The van der Waals surface area contributed by atoms with Gasteiger partial charge in [0.05, 0.1) is 11.4 Å². The van der Waals surface area contributed by atoms with Crippen molar-refractivity contribution < 1.29 is 0 Å². The third kappa shape index (κ3) is 6.96. The van der Waals surface area contributed by atoms with Crippen molar-refractivity contribution in [2.24, 2.45) is 0 Å². The lowest BCUT2D eigenvalue weighted by atomic mass is 9.83. The van der Waals surface area contributed by atoms with E-state index in [1.165, 1.54) is 88.2 Å². The third-order valence-corrected chi connectivity index (χ3v) is 12.6. The van der Waals surface area contributed by atoms with Gasteiger partial charge in [0.15, 0.2) is 0 Å². The summed E-state index contributed by atoms with van der Waals surface area (Å²) in [7, 11) is 0. The van der Waals surface area contributed by atoms with E-state index in [1.54, 1.807) is 0 Å². The number of aryl methyl sites for hydroxylation is 2. The zero-order valence-electron chi connectivity index (χ0n) is 36.5. The van der Waals surface area contributed by atoms with Crippen molar-refractivity contribution in [3.05, 3.63) is 216 Å². The van der Waals surface area contributed by atoms with E-state index < -0.39 is 0 Å². The summed E-state index contributed by atoms with van der Waals surface area (Å²) in [6.45, 7) is 13.7. The summed E-state index contributed by atoms with van der Waals surface area (Å²) in [5.41, 5.74) is 16.9. The molecule has 62 heavy (non-hydrogen) atoms. The van der Waals surface area contributed by atoms with E-state index in [0.717, 1.165) is 22.7 Å². The molecule has 2 heteroatoms. The Bertz CT molecular complexity index is 3000. The van der Waals surface area contributed by atoms with E-state index >= 15 is 0 Å². The van der Waals surface area contributed by atoms with Crippen LogP contribution in [-0.4, -0.2) is 0 Å². The van der Waals surface area contributed by atoms with Gasteiger partial charge in [0.2, 0.25) is 0 Å². The molecule has 0 aliphatic carbocycles. The SMILES string of the molecule is Cc1cccc(N(c2cccc(-c3ccccc3)c2)c2ccc3c(C(C)C)cc4c(N(c5cccc(C)c5)c5cccc(-c6ccccc6)c5)ccc5c(C(C)C)cc2c3c54)c1. The molecule has 0 fully saturated rings. The fourth-order valence-corrected chi connectivity index (χ4v) is 9.64. The Morgan fingerprint density at radius 3 is 1.03 bits per heavy atom. The van der Waals surface area contributed by atoms with Gasteiger partial charge in [0.25, 0.3) is 0 Å². The molecule has 0 spiro atoms. The molecule has 2 nitrogen and oxygen atoms in total. The zero-order chi connectivity index (χ0) is 42.5. The number of nitrogens with zero attached hydrogens (tertiary/aromatic N) is 2. The standard InChI is InChI=1S/C60H52N2/c1-39(2)53-37-55-57(61(47-25-13-17-41(5)33-47)49-27-15-23-45(35-49)43-19-9-7-10-20-43)32-30-52-54(40(3)4)38-56-58(31-29-51(53)59(56)60(52)55)62(48-26-14-18-42(6)34-48)50-28-16-24-46(36-50)44-21-11-8-12-22-44/h7-40H,1-6H3. The average Bonchev–Trinajstić information content (AvgIpc) is 3.29. The molecule has 0 atom stereocenters. The maximum Gasteiger partial charge on any atom is 0.0540 e. The quantitative estimate of drug-likeness (QED) is 0.127. The third-order valence-electron chi connectivity index (χ3n) is 12.6. The smallest absolute Gasteiger partial charge is 0.0540 e. The van der Waals surface area contributed by atoms with Crippen molar-refractivity contribution in [3.8, 4) is 22.3 Å². The molecule has 10 rings (SSSR count). The average molecular weight is 801 g/mol. The lowest BCUT2D eigenvalue weighted by Crippen LogP contribution is -2.13. The molecule has 0 N–H and O–H groups in total. The van der Waals surface area contributed by atoms with Gasteiger partial charge in [0, 0.05) is 33.5 Å². The van der Waals surface area contributed by atoms with Gasteiger partial charge in [-0.25, -0.2) is 0 Å². The van der Waals surface area contributed by atoms with E-state index in [4.69, 9.17) is 0 Å². The molecule has 302 valence electrons. The van der Waals surface area contributed by atoms with Gasteiger partial charge in [-0.2, -0.15) is 0 Å². The largest absolute Gasteiger partial charge is 0.310 e. The fourth-order valence-electron chi connectivity index (χ4n) is 9.64. The molecule has 0 aliphatic heterocycles. The summed E-state index contributed by atoms with van der Waals surface area (Å²) in [6.07, 6.45) is 0. The minimum Gasteiger partial charge on any atom is -0.310 e. The minimum atomic E-state index is 0.300. The van der Waals surface area contributed by atoms with Gasteiger partial charge in [-0.15, -0.1) is 0 Å². The molecule has 0 heterocycles. The Labute approximate surface area is 366 Å². The molecule has 0 aromatic heterocycles. The van der Waals surface area contributed by atoms with E-state index in [-0.39, 0.29) is 0 Å². The second-order valence-electron chi connectivity index (χ2n) is 17.5. The number of hydrogen-bond donors (Lipinski definition) is 0. The molecular weight excluding hydrogens is 749 g/mol. The van der Waals surface area contributed by atoms with Gasteiger partial charge < -0.3 is 9.80 Å². The monoisotopic (exact) mass is 800 g/mol. The summed E-state index contributed by atoms with van der Waals surface area (Å²) in [5, 5.41) is 7.82. The topological polar surface area (TPSA) is 6.48 Å². The maximum absolute atomic E-state index is 2.51. The Morgan fingerprint density at radius 2 is 0.661 bits per heavy atom. The van der Waals surface area contributed by atoms with Crippen LogP contribution in [0.15, 0.2) is 194 Å². The highest BCUT2D eigenvalue weighted by atomic mass is 15.1. The van der Waals surface area contributed by atoms with Crippen molar-refractivity contribution in [1.29, 1.82) is 0 Å². The van der Waals surface area contributed by atoms with Crippen LogP contribution >= 0.6 is 0 Å². The van der Waals surface area contributed by atoms with Crippen LogP contribution in [0.3, 0.4) is 0 Å². The lowest BCUT2D eigenvalue weighted by molar-refractivity contribution is 0.876. The highest BCUT2D eigenvalue weighted by Gasteiger charge is 2.26. The molecule has 0 amide bonds. The lowest BCUT2D eigenvalue weighted by Gasteiger charge is -2.31. The molecule has 0 bridgehead atoms. The number of rotatable bonds is 10. The second-order valence-corrected chi connectivity index (χ2v) is 17.5. The van der Waals surface area contributed by atoms with Crippen LogP contribution in [0.5, 0.6) is 0 Å². The molecule has 0 aliphatic rings. The van der Waals surface area contributed by atoms with Gasteiger partial charge in [0.1, 0.15) is 0 Å². The van der Waals surface area contributed by atoms with Gasteiger partial charge in [-0.05, 0) is 165 Å². The van der Waals surface area contributed by atoms with E-state index in [9.17, 15) is 0 Å². The summed E-state index contributed by atoms with van der Waals surface area (Å²) < 4.78 is 0. The van der Waals surface area contributed by atoms with Crippen LogP contribution in [0.1, 0.15) is 61.8 Å². The van der Waals surface area contributed by atoms with Gasteiger partial charge in [-0.3, -0.25) is 0 Å². The molecule has 0 saturated carbocycles. The number of hydrogen-bond acceptors (Lipinski definition) is 2. The van der Waals surface area contributed by atoms with E-state index in [0.29, 0.717) is 11.8 Å². The molecular formula is C60H52N2. The number of benzene rings is 10. The van der Waals surface area contributed by atoms with Gasteiger partial charge >= 0.3 is 0 Å². The first-order valence-corrected chi connectivity index (χ1v) is 22.1. The highest BCUT2D eigenvalue weighted by Crippen LogP contribution is 2.51. The van der Waals surface area contributed by atoms with Crippen LogP contribution in [0.4, 0.5) is 34.1 Å².